The van der Waals surface area contributed by atoms with Crippen molar-refractivity contribution in [3.63, 3.8) is 0 Å². The normalized spacial score (nSPS) is 24.3. The molecular weight excluding hydrogens is 508 g/mol. The molecule has 0 radical (unpaired) electrons. The van der Waals surface area contributed by atoms with Gasteiger partial charge in [-0.1, -0.05) is 42.5 Å². The predicted molar refractivity (Wildman–Crippen MR) is 162 cm³/mol. The number of para-hydroxylation sites is 2. The molecular formula is C35H42N4O2. The van der Waals surface area contributed by atoms with E-state index in [1.807, 2.05) is 24.8 Å². The van der Waals surface area contributed by atoms with Gasteiger partial charge in [-0.3, -0.25) is 9.69 Å². The Labute approximate surface area is 243 Å². The SMILES string of the molecule is Cc1cc(C(=O)N2CCC(CCN3[C@@H]4CC[C@H]3CC(n3c(C)nc5ccccc53)C4)(c3ccccc3)CC2)oc1C. The van der Waals surface area contributed by atoms with Crippen LogP contribution < -0.4 is 0 Å². The van der Waals surface area contributed by atoms with Gasteiger partial charge in [0.2, 0.25) is 0 Å². The maximum absolute atomic E-state index is 13.3. The summed E-state index contributed by atoms with van der Waals surface area (Å²) in [4.78, 5) is 23.0. The fourth-order valence-electron chi connectivity index (χ4n) is 8.24. The van der Waals surface area contributed by atoms with Crippen LogP contribution in [-0.4, -0.2) is 57.0 Å². The number of amides is 1. The summed E-state index contributed by atoms with van der Waals surface area (Å²) >= 11 is 0. The molecule has 3 saturated heterocycles. The molecule has 4 aromatic rings. The first kappa shape index (κ1) is 26.5. The third-order valence-corrected chi connectivity index (χ3v) is 10.6. The van der Waals surface area contributed by atoms with Crippen molar-refractivity contribution in [1.29, 1.82) is 0 Å². The Morgan fingerprint density at radius 2 is 1.61 bits per heavy atom. The number of hydrogen-bond donors (Lipinski definition) is 0. The average molecular weight is 551 g/mol. The maximum Gasteiger partial charge on any atom is 0.289 e. The van der Waals surface area contributed by atoms with Crippen LogP contribution in [0, 0.1) is 20.8 Å². The molecule has 2 bridgehead atoms. The van der Waals surface area contributed by atoms with Crippen LogP contribution in [0.1, 0.15) is 84.3 Å². The summed E-state index contributed by atoms with van der Waals surface area (Å²) in [5, 5.41) is 0. The van der Waals surface area contributed by atoms with Crippen molar-refractivity contribution < 1.29 is 9.21 Å². The number of carbonyl (C=O) groups excluding carboxylic acids is 1. The summed E-state index contributed by atoms with van der Waals surface area (Å²) in [6, 6.07) is 23.4. The molecule has 6 heteroatoms. The van der Waals surface area contributed by atoms with Crippen LogP contribution in [0.2, 0.25) is 0 Å². The summed E-state index contributed by atoms with van der Waals surface area (Å²) in [5.74, 6) is 2.49. The second kappa shape index (κ2) is 10.5. The number of hydrogen-bond acceptors (Lipinski definition) is 4. The molecule has 3 fully saturated rings. The maximum atomic E-state index is 13.3. The van der Waals surface area contributed by atoms with E-state index in [0.29, 0.717) is 23.9 Å². The Hall–Kier alpha value is -3.38. The smallest absolute Gasteiger partial charge is 0.289 e. The zero-order valence-corrected chi connectivity index (χ0v) is 24.7. The van der Waals surface area contributed by atoms with Crippen LogP contribution in [0.3, 0.4) is 0 Å². The Morgan fingerprint density at radius 1 is 0.927 bits per heavy atom. The molecule has 3 atom stereocenters. The second-order valence-electron chi connectivity index (χ2n) is 12.8. The number of benzene rings is 2. The van der Waals surface area contributed by atoms with Gasteiger partial charge in [-0.25, -0.2) is 4.98 Å². The van der Waals surface area contributed by atoms with E-state index in [1.54, 1.807) is 0 Å². The van der Waals surface area contributed by atoms with E-state index in [4.69, 9.17) is 9.40 Å². The molecule has 1 amide bonds. The second-order valence-corrected chi connectivity index (χ2v) is 12.8. The first-order chi connectivity index (χ1) is 19.9. The first-order valence-corrected chi connectivity index (χ1v) is 15.5. The number of likely N-dealkylation sites (tertiary alicyclic amines) is 1. The van der Waals surface area contributed by atoms with E-state index in [9.17, 15) is 4.79 Å². The van der Waals surface area contributed by atoms with Gasteiger partial charge in [0.25, 0.3) is 5.91 Å². The molecule has 5 heterocycles. The summed E-state index contributed by atoms with van der Waals surface area (Å²) in [6.07, 6.45) is 8.15. The van der Waals surface area contributed by atoms with Crippen molar-refractivity contribution in [2.75, 3.05) is 19.6 Å². The van der Waals surface area contributed by atoms with Crippen molar-refractivity contribution >= 4 is 16.9 Å². The number of aromatic nitrogens is 2. The lowest BCUT2D eigenvalue weighted by Crippen LogP contribution is -2.49. The minimum Gasteiger partial charge on any atom is -0.456 e. The molecule has 6 nitrogen and oxygen atoms in total. The molecule has 41 heavy (non-hydrogen) atoms. The zero-order valence-electron chi connectivity index (χ0n) is 24.7. The monoisotopic (exact) mass is 550 g/mol. The minimum absolute atomic E-state index is 0.0327. The molecule has 3 aliphatic heterocycles. The van der Waals surface area contributed by atoms with Gasteiger partial charge in [0.05, 0.1) is 11.0 Å². The highest BCUT2D eigenvalue weighted by atomic mass is 16.4. The Bertz CT molecular complexity index is 1510. The van der Waals surface area contributed by atoms with Crippen LogP contribution in [0.15, 0.2) is 65.1 Å². The van der Waals surface area contributed by atoms with E-state index >= 15 is 0 Å². The topological polar surface area (TPSA) is 54.5 Å². The van der Waals surface area contributed by atoms with E-state index in [0.717, 1.165) is 61.6 Å². The van der Waals surface area contributed by atoms with Crippen LogP contribution >= 0.6 is 0 Å². The number of aryl methyl sites for hydroxylation is 3. The van der Waals surface area contributed by atoms with Gasteiger partial charge in [0.1, 0.15) is 11.6 Å². The van der Waals surface area contributed by atoms with Crippen LogP contribution in [0.25, 0.3) is 11.0 Å². The van der Waals surface area contributed by atoms with Crippen LogP contribution in [0.4, 0.5) is 0 Å². The average Bonchev–Trinajstić information content (AvgIpc) is 3.60. The number of carbonyl (C=O) groups is 1. The lowest BCUT2D eigenvalue weighted by Gasteiger charge is -2.45. The summed E-state index contributed by atoms with van der Waals surface area (Å²) in [6.45, 7) is 8.77. The van der Waals surface area contributed by atoms with E-state index in [-0.39, 0.29) is 11.3 Å². The van der Waals surface area contributed by atoms with Gasteiger partial charge in [-0.2, -0.15) is 0 Å². The van der Waals surface area contributed by atoms with Crippen molar-refractivity contribution in [3.05, 3.63) is 89.1 Å². The number of rotatable bonds is 6. The number of imidazole rings is 1. The highest BCUT2D eigenvalue weighted by Crippen LogP contribution is 2.45. The van der Waals surface area contributed by atoms with E-state index in [2.05, 4.69) is 71.0 Å². The summed E-state index contributed by atoms with van der Waals surface area (Å²) < 4.78 is 8.31. The predicted octanol–water partition coefficient (Wildman–Crippen LogP) is 6.99. The van der Waals surface area contributed by atoms with Gasteiger partial charge in [0.15, 0.2) is 5.76 Å². The highest BCUT2D eigenvalue weighted by Gasteiger charge is 2.44. The highest BCUT2D eigenvalue weighted by molar-refractivity contribution is 5.92. The fourth-order valence-corrected chi connectivity index (χ4v) is 8.24. The minimum atomic E-state index is 0.0327. The molecule has 3 aliphatic rings. The van der Waals surface area contributed by atoms with Crippen molar-refractivity contribution in [2.24, 2.45) is 0 Å². The van der Waals surface area contributed by atoms with Gasteiger partial charge in [0, 0.05) is 31.2 Å². The first-order valence-electron chi connectivity index (χ1n) is 15.5. The Morgan fingerprint density at radius 3 is 2.29 bits per heavy atom. The number of furan rings is 1. The van der Waals surface area contributed by atoms with Crippen molar-refractivity contribution in [2.45, 2.75) is 89.3 Å². The fraction of sp³-hybridized carbons (Fsp3) is 0.486. The van der Waals surface area contributed by atoms with Gasteiger partial charge >= 0.3 is 0 Å². The lowest BCUT2D eigenvalue weighted by atomic mass is 9.70. The van der Waals surface area contributed by atoms with Crippen molar-refractivity contribution in [3.8, 4) is 0 Å². The molecule has 214 valence electrons. The van der Waals surface area contributed by atoms with Crippen LogP contribution in [-0.2, 0) is 5.41 Å². The molecule has 2 aromatic heterocycles. The van der Waals surface area contributed by atoms with Gasteiger partial charge in [-0.05, 0) is 107 Å². The number of piperidine rings is 2. The molecule has 7 rings (SSSR count). The third-order valence-electron chi connectivity index (χ3n) is 10.6. The molecule has 0 spiro atoms. The standard InChI is InChI=1S/C35H42N4O2/c1-24-21-33(41-25(24)2)34(40)37-18-15-35(16-19-37,27-9-5-4-6-10-27)17-20-38-28-13-14-29(38)23-30(22-28)39-26(3)36-31-11-7-8-12-32(31)39/h4-12,21,28-30H,13-20,22-23H2,1-3H3/t28-,29+,30?. The largest absolute Gasteiger partial charge is 0.456 e. The lowest BCUT2D eigenvalue weighted by molar-refractivity contribution is 0.0579. The van der Waals surface area contributed by atoms with E-state index in [1.165, 1.54) is 36.8 Å². The van der Waals surface area contributed by atoms with Crippen molar-refractivity contribution in [1.82, 2.24) is 19.4 Å². The molecule has 2 aromatic carbocycles. The summed E-state index contributed by atoms with van der Waals surface area (Å²) in [5.41, 5.74) is 4.97. The van der Waals surface area contributed by atoms with Crippen LogP contribution in [0.5, 0.6) is 0 Å². The van der Waals surface area contributed by atoms with Gasteiger partial charge < -0.3 is 13.9 Å². The van der Waals surface area contributed by atoms with E-state index < -0.39 is 0 Å². The summed E-state index contributed by atoms with van der Waals surface area (Å²) in [7, 11) is 0. The number of fused-ring (bicyclic) bond motifs is 3. The molecule has 0 saturated carbocycles. The molecule has 0 N–H and O–H groups in total. The third kappa shape index (κ3) is 4.70. The molecule has 1 unspecified atom stereocenters. The Balaban J connectivity index is 1.06. The quantitative estimate of drug-likeness (QED) is 0.260. The Kier molecular flexibility index (Phi) is 6.77. The van der Waals surface area contributed by atoms with Gasteiger partial charge in [-0.15, -0.1) is 0 Å². The number of nitrogens with zero attached hydrogens (tertiary/aromatic N) is 4. The molecule has 0 aliphatic carbocycles. The zero-order chi connectivity index (χ0) is 28.1.